The topological polar surface area (TPSA) is 75.9 Å². The van der Waals surface area contributed by atoms with Crippen LogP contribution in [0.4, 0.5) is 41.9 Å². The molecule has 3 aromatic rings. The minimum Gasteiger partial charge on any atom is -0.393 e. The first-order chi connectivity index (χ1) is 11.5. The Balaban J connectivity index is 1.88. The maximum absolute atomic E-state index is 13.7. The minimum atomic E-state index is -1.00. The lowest BCUT2D eigenvalue weighted by Crippen LogP contribution is -2.06. The molecule has 4 N–H and O–H groups in total. The van der Waals surface area contributed by atoms with Crippen molar-refractivity contribution in [3.8, 4) is 0 Å². The number of anilines is 5. The lowest BCUT2D eigenvalue weighted by Gasteiger charge is -2.13. The molecule has 8 heteroatoms. The lowest BCUT2D eigenvalue weighted by atomic mass is 10.3. The number of nitrogens with one attached hydrogen (secondary N) is 2. The lowest BCUT2D eigenvalue weighted by molar-refractivity contribution is 0.509. The monoisotopic (exact) mass is 331 g/mol. The largest absolute Gasteiger partial charge is 0.393 e. The van der Waals surface area contributed by atoms with Gasteiger partial charge < -0.3 is 16.4 Å². The van der Waals surface area contributed by atoms with Crippen molar-refractivity contribution in [2.75, 3.05) is 16.4 Å². The van der Waals surface area contributed by atoms with Crippen LogP contribution in [0, 0.1) is 17.5 Å². The van der Waals surface area contributed by atoms with E-state index in [-0.39, 0.29) is 28.7 Å². The molecule has 0 saturated heterocycles. The first-order valence-corrected chi connectivity index (χ1v) is 6.88. The van der Waals surface area contributed by atoms with Crippen molar-refractivity contribution in [2.45, 2.75) is 0 Å². The molecule has 5 nitrogen and oxygen atoms in total. The maximum Gasteiger partial charge on any atom is 0.160 e. The Bertz CT molecular complexity index is 885. The van der Waals surface area contributed by atoms with E-state index >= 15 is 0 Å². The van der Waals surface area contributed by atoms with Gasteiger partial charge in [-0.3, -0.25) is 0 Å². The standard InChI is InChI=1S/C16H12F3N5/c17-10-6-5-9(7-12(10)19)23-15-14(20)16(22-8-21-15)24-13-4-2-1-3-11(13)18/h1-8H,20H2,(H2,21,22,23,24). The summed E-state index contributed by atoms with van der Waals surface area (Å²) in [4.78, 5) is 7.91. The van der Waals surface area contributed by atoms with E-state index in [4.69, 9.17) is 5.73 Å². The fourth-order valence-electron chi connectivity index (χ4n) is 2.00. The summed E-state index contributed by atoms with van der Waals surface area (Å²) in [5, 5.41) is 5.53. The summed E-state index contributed by atoms with van der Waals surface area (Å²) in [7, 11) is 0. The smallest absolute Gasteiger partial charge is 0.160 e. The number of aromatic nitrogens is 2. The van der Waals surface area contributed by atoms with E-state index in [1.807, 2.05) is 0 Å². The summed E-state index contributed by atoms with van der Waals surface area (Å²) in [6.45, 7) is 0. The quantitative estimate of drug-likeness (QED) is 0.674. The highest BCUT2D eigenvalue weighted by atomic mass is 19.2. The van der Waals surface area contributed by atoms with Gasteiger partial charge in [-0.2, -0.15) is 0 Å². The van der Waals surface area contributed by atoms with Crippen LogP contribution < -0.4 is 16.4 Å². The Morgan fingerprint density at radius 2 is 1.50 bits per heavy atom. The van der Waals surface area contributed by atoms with Crippen LogP contribution in [0.2, 0.25) is 0 Å². The molecule has 0 radical (unpaired) electrons. The van der Waals surface area contributed by atoms with Gasteiger partial charge in [-0.25, -0.2) is 23.1 Å². The number of benzene rings is 2. The Kier molecular flexibility index (Phi) is 4.19. The summed E-state index contributed by atoms with van der Waals surface area (Å²) in [5.74, 6) is -2.07. The Labute approximate surface area is 135 Å². The van der Waals surface area contributed by atoms with Crippen molar-refractivity contribution < 1.29 is 13.2 Å². The number of hydrogen-bond acceptors (Lipinski definition) is 5. The first kappa shape index (κ1) is 15.6. The van der Waals surface area contributed by atoms with Crippen molar-refractivity contribution in [3.05, 3.63) is 66.2 Å². The number of halogens is 3. The Morgan fingerprint density at radius 3 is 2.21 bits per heavy atom. The van der Waals surface area contributed by atoms with Crippen LogP contribution in [0.1, 0.15) is 0 Å². The van der Waals surface area contributed by atoms with Crippen LogP contribution in [0.25, 0.3) is 0 Å². The van der Waals surface area contributed by atoms with Crippen LogP contribution in [-0.2, 0) is 0 Å². The van der Waals surface area contributed by atoms with E-state index in [9.17, 15) is 13.2 Å². The predicted molar refractivity (Wildman–Crippen MR) is 85.8 cm³/mol. The second kappa shape index (κ2) is 6.45. The number of nitrogens with two attached hydrogens (primary N) is 1. The summed E-state index contributed by atoms with van der Waals surface area (Å²) >= 11 is 0. The molecule has 0 unspecified atom stereocenters. The molecule has 122 valence electrons. The van der Waals surface area contributed by atoms with Gasteiger partial charge in [0.05, 0.1) is 5.69 Å². The second-order valence-corrected chi connectivity index (χ2v) is 4.84. The molecule has 0 spiro atoms. The molecule has 2 aromatic carbocycles. The molecule has 1 heterocycles. The number of nitrogen functional groups attached to an aromatic ring is 1. The highest BCUT2D eigenvalue weighted by molar-refractivity contribution is 5.80. The van der Waals surface area contributed by atoms with Gasteiger partial charge in [-0.15, -0.1) is 0 Å². The van der Waals surface area contributed by atoms with Crippen molar-refractivity contribution in [1.29, 1.82) is 0 Å². The molecule has 1 aromatic heterocycles. The van der Waals surface area contributed by atoms with E-state index in [0.717, 1.165) is 12.1 Å². The zero-order valence-electron chi connectivity index (χ0n) is 12.2. The van der Waals surface area contributed by atoms with Gasteiger partial charge in [0.15, 0.2) is 23.3 Å². The highest BCUT2D eigenvalue weighted by Crippen LogP contribution is 2.29. The molecule has 24 heavy (non-hydrogen) atoms. The van der Waals surface area contributed by atoms with E-state index in [2.05, 4.69) is 20.6 Å². The predicted octanol–water partition coefficient (Wildman–Crippen LogP) is 3.96. The summed E-state index contributed by atoms with van der Waals surface area (Å²) < 4.78 is 39.9. The zero-order chi connectivity index (χ0) is 17.1. The summed E-state index contributed by atoms with van der Waals surface area (Å²) in [6, 6.07) is 9.32. The number of nitrogens with zero attached hydrogens (tertiary/aromatic N) is 2. The summed E-state index contributed by atoms with van der Waals surface area (Å²) in [5.41, 5.74) is 6.52. The van der Waals surface area contributed by atoms with Gasteiger partial charge in [0.2, 0.25) is 0 Å². The third-order valence-electron chi connectivity index (χ3n) is 3.19. The first-order valence-electron chi connectivity index (χ1n) is 6.88. The molecule has 0 saturated carbocycles. The fraction of sp³-hybridized carbons (Fsp3) is 0. The maximum atomic E-state index is 13.7. The average Bonchev–Trinajstić information content (AvgIpc) is 2.57. The number of hydrogen-bond donors (Lipinski definition) is 3. The van der Waals surface area contributed by atoms with Crippen LogP contribution in [-0.4, -0.2) is 9.97 Å². The normalized spacial score (nSPS) is 10.5. The fourth-order valence-corrected chi connectivity index (χ4v) is 2.00. The van der Waals surface area contributed by atoms with E-state index in [0.29, 0.717) is 0 Å². The minimum absolute atomic E-state index is 0.102. The van der Waals surface area contributed by atoms with Gasteiger partial charge in [0.1, 0.15) is 17.8 Å². The Hall–Kier alpha value is -3.29. The molecule has 0 aliphatic carbocycles. The SMILES string of the molecule is Nc1c(Nc2ccc(F)c(F)c2)ncnc1Nc1ccccc1F. The number of rotatable bonds is 4. The zero-order valence-corrected chi connectivity index (χ0v) is 12.2. The van der Waals surface area contributed by atoms with Gasteiger partial charge in [-0.05, 0) is 24.3 Å². The van der Waals surface area contributed by atoms with E-state index in [1.165, 1.54) is 24.5 Å². The van der Waals surface area contributed by atoms with Crippen molar-refractivity contribution >= 4 is 28.7 Å². The molecule has 0 amide bonds. The van der Waals surface area contributed by atoms with Gasteiger partial charge in [-0.1, -0.05) is 12.1 Å². The third-order valence-corrected chi connectivity index (χ3v) is 3.19. The van der Waals surface area contributed by atoms with Crippen LogP contribution >= 0.6 is 0 Å². The molecule has 0 aliphatic rings. The third kappa shape index (κ3) is 3.22. The molecular formula is C16H12F3N5. The number of para-hydroxylation sites is 1. The second-order valence-electron chi connectivity index (χ2n) is 4.84. The molecule has 0 bridgehead atoms. The summed E-state index contributed by atoms with van der Waals surface area (Å²) in [6.07, 6.45) is 1.21. The highest BCUT2D eigenvalue weighted by Gasteiger charge is 2.11. The Morgan fingerprint density at radius 1 is 0.792 bits per heavy atom. The van der Waals surface area contributed by atoms with Gasteiger partial charge in [0, 0.05) is 11.8 Å². The van der Waals surface area contributed by atoms with Crippen molar-refractivity contribution in [3.63, 3.8) is 0 Å². The van der Waals surface area contributed by atoms with Gasteiger partial charge >= 0.3 is 0 Å². The molecule has 0 aliphatic heterocycles. The van der Waals surface area contributed by atoms with Gasteiger partial charge in [0.25, 0.3) is 0 Å². The molecular weight excluding hydrogens is 319 g/mol. The van der Waals surface area contributed by atoms with Crippen molar-refractivity contribution in [2.24, 2.45) is 0 Å². The van der Waals surface area contributed by atoms with Crippen molar-refractivity contribution in [1.82, 2.24) is 9.97 Å². The van der Waals surface area contributed by atoms with E-state index < -0.39 is 17.5 Å². The van der Waals surface area contributed by atoms with Crippen LogP contribution in [0.5, 0.6) is 0 Å². The molecule has 0 fully saturated rings. The van der Waals surface area contributed by atoms with Crippen LogP contribution in [0.15, 0.2) is 48.8 Å². The van der Waals surface area contributed by atoms with Crippen LogP contribution in [0.3, 0.4) is 0 Å². The molecule has 3 rings (SSSR count). The average molecular weight is 331 g/mol. The molecule has 0 atom stereocenters. The van der Waals surface area contributed by atoms with E-state index in [1.54, 1.807) is 12.1 Å².